The lowest BCUT2D eigenvalue weighted by Gasteiger charge is -2.13. The predicted molar refractivity (Wildman–Crippen MR) is 195 cm³/mol. The molecule has 0 fully saturated rings. The van der Waals surface area contributed by atoms with E-state index in [-0.39, 0.29) is 0 Å². The number of fused-ring (bicyclic) bond motifs is 6. The lowest BCUT2D eigenvalue weighted by Crippen LogP contribution is -1.94. The molecule has 0 aliphatic heterocycles. The average molecular weight is 587 g/mol. The van der Waals surface area contributed by atoms with Crippen LogP contribution in [0, 0.1) is 6.92 Å². The second-order valence-electron chi connectivity index (χ2n) is 12.1. The highest BCUT2D eigenvalue weighted by Crippen LogP contribution is 2.42. The summed E-state index contributed by atoms with van der Waals surface area (Å²) >= 11 is 0. The molecule has 0 unspecified atom stereocenters. The number of rotatable bonds is 4. The molecule has 0 spiro atoms. The summed E-state index contributed by atoms with van der Waals surface area (Å²) in [5.41, 5.74) is 11.6. The van der Waals surface area contributed by atoms with Gasteiger partial charge in [0.1, 0.15) is 0 Å². The van der Waals surface area contributed by atoms with Gasteiger partial charge in [-0.3, -0.25) is 4.98 Å². The normalized spacial score (nSPS) is 11.6. The number of benzene rings is 7. The first kappa shape index (κ1) is 26.4. The average Bonchev–Trinajstić information content (AvgIpc) is 3.45. The Hall–Kier alpha value is -5.99. The van der Waals surface area contributed by atoms with Crippen molar-refractivity contribution >= 4 is 43.4 Å². The fraction of sp³-hybridized carbons (Fsp3) is 0.0227. The van der Waals surface area contributed by atoms with Crippen molar-refractivity contribution in [3.8, 4) is 39.2 Å². The molecule has 0 amide bonds. The predicted octanol–water partition coefficient (Wildman–Crippen LogP) is 11.8. The zero-order chi connectivity index (χ0) is 30.6. The Bertz CT molecular complexity index is 2570. The Morgan fingerprint density at radius 2 is 1.11 bits per heavy atom. The van der Waals surface area contributed by atoms with Gasteiger partial charge in [0.15, 0.2) is 0 Å². The van der Waals surface area contributed by atoms with E-state index in [1.807, 2.05) is 13.0 Å². The SMILES string of the molecule is Cc1cccc(-c2ccc(-c3cc4c(c5ccccc35)c3ccc(-c5ccc6ccccc6c5)cc3n4-c3ccccc3)cc2)n1. The minimum absolute atomic E-state index is 0.998. The van der Waals surface area contributed by atoms with Crippen molar-refractivity contribution in [2.75, 3.05) is 0 Å². The zero-order valence-electron chi connectivity index (χ0n) is 25.5. The molecule has 2 heteroatoms. The molecule has 0 aliphatic carbocycles. The molecule has 9 rings (SSSR count). The van der Waals surface area contributed by atoms with Crippen LogP contribution in [0.4, 0.5) is 0 Å². The molecule has 9 aromatic rings. The monoisotopic (exact) mass is 586 g/mol. The van der Waals surface area contributed by atoms with Crippen LogP contribution in [-0.2, 0) is 0 Å². The summed E-state index contributed by atoms with van der Waals surface area (Å²) in [6.07, 6.45) is 0. The molecule has 216 valence electrons. The number of pyridine rings is 1. The Morgan fingerprint density at radius 1 is 0.435 bits per heavy atom. The fourth-order valence-corrected chi connectivity index (χ4v) is 7.04. The molecule has 0 saturated heterocycles. The van der Waals surface area contributed by atoms with Gasteiger partial charge in [-0.05, 0) is 93.2 Å². The van der Waals surface area contributed by atoms with Gasteiger partial charge in [-0.25, -0.2) is 0 Å². The van der Waals surface area contributed by atoms with Crippen LogP contribution in [0.15, 0.2) is 164 Å². The summed E-state index contributed by atoms with van der Waals surface area (Å²) in [5, 5.41) is 7.56. The van der Waals surface area contributed by atoms with Crippen molar-refractivity contribution in [3.05, 3.63) is 169 Å². The van der Waals surface area contributed by atoms with Crippen LogP contribution in [0.2, 0.25) is 0 Å². The van der Waals surface area contributed by atoms with Gasteiger partial charge >= 0.3 is 0 Å². The molecule has 0 radical (unpaired) electrons. The number of hydrogen-bond donors (Lipinski definition) is 0. The standard InChI is InChI=1S/C44H30N2/c1-29-10-9-17-41(45-29)32-21-19-31(20-22-32)40-28-43-44(38-16-8-7-15-37(38)40)39-25-24-35(27-42(39)46(43)36-13-3-2-4-14-36)34-23-18-30-11-5-6-12-33(30)26-34/h2-28H,1H3. The molecule has 2 aromatic heterocycles. The summed E-state index contributed by atoms with van der Waals surface area (Å²) in [7, 11) is 0. The molecule has 7 aromatic carbocycles. The van der Waals surface area contributed by atoms with Gasteiger partial charge in [0.05, 0.1) is 16.7 Å². The molecule has 2 nitrogen and oxygen atoms in total. The Morgan fingerprint density at radius 3 is 1.93 bits per heavy atom. The minimum atomic E-state index is 0.998. The van der Waals surface area contributed by atoms with Crippen molar-refractivity contribution in [3.63, 3.8) is 0 Å². The van der Waals surface area contributed by atoms with Crippen molar-refractivity contribution in [2.45, 2.75) is 6.92 Å². The van der Waals surface area contributed by atoms with E-state index in [1.165, 1.54) is 65.6 Å². The number of para-hydroxylation sites is 1. The van der Waals surface area contributed by atoms with Crippen LogP contribution in [0.25, 0.3) is 82.5 Å². The van der Waals surface area contributed by atoms with Gasteiger partial charge in [-0.15, -0.1) is 0 Å². The lowest BCUT2D eigenvalue weighted by atomic mass is 9.93. The highest BCUT2D eigenvalue weighted by molar-refractivity contribution is 6.24. The van der Waals surface area contributed by atoms with Gasteiger partial charge in [-0.2, -0.15) is 0 Å². The van der Waals surface area contributed by atoms with Crippen LogP contribution in [0.3, 0.4) is 0 Å². The Labute approximate surface area is 267 Å². The molecule has 0 bridgehead atoms. The van der Waals surface area contributed by atoms with Crippen molar-refractivity contribution in [1.82, 2.24) is 9.55 Å². The first-order valence-corrected chi connectivity index (χ1v) is 15.8. The maximum absolute atomic E-state index is 4.75. The van der Waals surface area contributed by atoms with Gasteiger partial charge in [0.25, 0.3) is 0 Å². The third kappa shape index (κ3) is 4.30. The summed E-state index contributed by atoms with van der Waals surface area (Å²) in [6.45, 7) is 2.04. The van der Waals surface area contributed by atoms with E-state index >= 15 is 0 Å². The molecule has 2 heterocycles. The maximum atomic E-state index is 4.75. The van der Waals surface area contributed by atoms with Gasteiger partial charge < -0.3 is 4.57 Å². The van der Waals surface area contributed by atoms with Gasteiger partial charge in [-0.1, -0.05) is 121 Å². The van der Waals surface area contributed by atoms with E-state index in [0.717, 1.165) is 22.6 Å². The Kier molecular flexibility index (Phi) is 6.07. The van der Waals surface area contributed by atoms with Crippen molar-refractivity contribution in [2.24, 2.45) is 0 Å². The number of aryl methyl sites for hydroxylation is 1. The van der Waals surface area contributed by atoms with E-state index in [2.05, 4.69) is 162 Å². The summed E-state index contributed by atoms with van der Waals surface area (Å²) in [4.78, 5) is 4.75. The molecule has 0 aliphatic rings. The molecular weight excluding hydrogens is 556 g/mol. The Balaban J connectivity index is 1.30. The van der Waals surface area contributed by atoms with Crippen molar-refractivity contribution in [1.29, 1.82) is 0 Å². The third-order valence-electron chi connectivity index (χ3n) is 9.25. The van der Waals surface area contributed by atoms with Crippen LogP contribution in [0.5, 0.6) is 0 Å². The fourth-order valence-electron chi connectivity index (χ4n) is 7.04. The van der Waals surface area contributed by atoms with E-state index in [1.54, 1.807) is 0 Å². The van der Waals surface area contributed by atoms with Crippen molar-refractivity contribution < 1.29 is 0 Å². The minimum Gasteiger partial charge on any atom is -0.309 e. The number of aromatic nitrogens is 2. The molecule has 46 heavy (non-hydrogen) atoms. The second kappa shape index (κ2) is 10.6. The van der Waals surface area contributed by atoms with Crippen LogP contribution < -0.4 is 0 Å². The van der Waals surface area contributed by atoms with E-state index in [9.17, 15) is 0 Å². The zero-order valence-corrected chi connectivity index (χ0v) is 25.5. The molecular formula is C44H30N2. The van der Waals surface area contributed by atoms with Crippen LogP contribution in [0.1, 0.15) is 5.69 Å². The van der Waals surface area contributed by atoms with Gasteiger partial charge in [0.2, 0.25) is 0 Å². The molecule has 0 saturated carbocycles. The largest absolute Gasteiger partial charge is 0.309 e. The number of hydrogen-bond acceptors (Lipinski definition) is 1. The van der Waals surface area contributed by atoms with E-state index in [0.29, 0.717) is 0 Å². The summed E-state index contributed by atoms with van der Waals surface area (Å²) in [6, 6.07) is 59.3. The highest BCUT2D eigenvalue weighted by atomic mass is 15.0. The summed E-state index contributed by atoms with van der Waals surface area (Å²) in [5.74, 6) is 0. The maximum Gasteiger partial charge on any atom is 0.0705 e. The summed E-state index contributed by atoms with van der Waals surface area (Å²) < 4.78 is 2.44. The first-order valence-electron chi connectivity index (χ1n) is 15.8. The van der Waals surface area contributed by atoms with Gasteiger partial charge in [0, 0.05) is 27.7 Å². The highest BCUT2D eigenvalue weighted by Gasteiger charge is 2.19. The van der Waals surface area contributed by atoms with E-state index < -0.39 is 0 Å². The lowest BCUT2D eigenvalue weighted by molar-refractivity contribution is 1.18. The molecule has 0 N–H and O–H groups in total. The quantitative estimate of drug-likeness (QED) is 0.201. The second-order valence-corrected chi connectivity index (χ2v) is 12.1. The smallest absolute Gasteiger partial charge is 0.0705 e. The third-order valence-corrected chi connectivity index (χ3v) is 9.25. The number of nitrogens with zero attached hydrogens (tertiary/aromatic N) is 2. The van der Waals surface area contributed by atoms with E-state index in [4.69, 9.17) is 4.98 Å². The van der Waals surface area contributed by atoms with Crippen LogP contribution >= 0.6 is 0 Å². The topological polar surface area (TPSA) is 17.8 Å². The van der Waals surface area contributed by atoms with Crippen LogP contribution in [-0.4, -0.2) is 9.55 Å². The first-order chi connectivity index (χ1) is 22.7. The molecule has 0 atom stereocenters.